The molecule has 0 saturated carbocycles. The van der Waals surface area contributed by atoms with Gasteiger partial charge in [-0.05, 0) is 41.0 Å². The molecule has 0 radical (unpaired) electrons. The lowest BCUT2D eigenvalue weighted by Crippen LogP contribution is -2.35. The molecule has 1 heterocycles. The number of benzene rings is 4. The van der Waals surface area contributed by atoms with Gasteiger partial charge in [0, 0.05) is 32.0 Å². The fraction of sp³-hybridized carbons (Fsp3) is 0.167. The Hall–Kier alpha value is -4.98. The molecule has 218 valence electrons. The molecule has 0 amide bonds. The summed E-state index contributed by atoms with van der Waals surface area (Å²) in [6.07, 6.45) is 1.51. The molecule has 0 spiro atoms. The summed E-state index contributed by atoms with van der Waals surface area (Å²) >= 11 is 0. The van der Waals surface area contributed by atoms with E-state index in [1.54, 1.807) is 18.2 Å². The maximum Gasteiger partial charge on any atom is 0.340 e. The number of carbonyl (C=O) groups is 1. The monoisotopic (exact) mass is 574 g/mol. The lowest BCUT2D eigenvalue weighted by molar-refractivity contribution is -0.192. The van der Waals surface area contributed by atoms with Gasteiger partial charge >= 0.3 is 5.97 Å². The quantitative estimate of drug-likeness (QED) is 0.135. The first-order valence-electron chi connectivity index (χ1n) is 14.0. The Morgan fingerprint density at radius 3 is 1.93 bits per heavy atom. The smallest absolute Gasteiger partial charge is 0.340 e. The first-order chi connectivity index (χ1) is 20.9. The fourth-order valence-electron chi connectivity index (χ4n) is 4.60. The highest BCUT2D eigenvalue weighted by Gasteiger charge is 2.41. The van der Waals surface area contributed by atoms with Gasteiger partial charge in [-0.15, -0.1) is 0 Å². The van der Waals surface area contributed by atoms with E-state index in [-0.39, 0.29) is 31.1 Å². The average molecular weight is 575 g/mol. The third kappa shape index (κ3) is 7.27. The summed E-state index contributed by atoms with van der Waals surface area (Å²) in [6.45, 7) is 0.369. The van der Waals surface area contributed by atoms with Gasteiger partial charge < -0.3 is 24.2 Å². The maximum absolute atomic E-state index is 13.5. The van der Waals surface area contributed by atoms with Gasteiger partial charge in [0.1, 0.15) is 24.7 Å². The second-order valence-electron chi connectivity index (χ2n) is 10.2. The topological polar surface area (TPSA) is 81.1 Å². The van der Waals surface area contributed by atoms with Crippen LogP contribution < -0.4 is 9.64 Å². The zero-order valence-electron chi connectivity index (χ0n) is 24.2. The van der Waals surface area contributed by atoms with E-state index in [0.717, 1.165) is 22.4 Å². The van der Waals surface area contributed by atoms with Crippen molar-refractivity contribution >= 4 is 11.7 Å². The molecular formula is C36H34N2O5. The van der Waals surface area contributed by atoms with Gasteiger partial charge in [0.15, 0.2) is 0 Å². The van der Waals surface area contributed by atoms with Crippen LogP contribution in [-0.2, 0) is 35.1 Å². The lowest BCUT2D eigenvalue weighted by atomic mass is 9.96. The van der Waals surface area contributed by atoms with Crippen molar-refractivity contribution in [2.45, 2.75) is 25.6 Å². The van der Waals surface area contributed by atoms with Crippen LogP contribution in [-0.4, -0.2) is 30.2 Å². The number of aliphatic hydroxyl groups is 1. The summed E-state index contributed by atoms with van der Waals surface area (Å²) in [5.41, 5.74) is 3.89. The molecule has 0 aliphatic carbocycles. The molecule has 7 nitrogen and oxygen atoms in total. The van der Waals surface area contributed by atoms with Crippen LogP contribution in [0.1, 0.15) is 38.3 Å². The normalized spacial score (nSPS) is 12.3. The number of carbonyl (C=O) groups excluding carboxylic acids is 1. The first-order valence-corrected chi connectivity index (χ1v) is 14.0. The van der Waals surface area contributed by atoms with Gasteiger partial charge in [-0.3, -0.25) is 4.98 Å². The van der Waals surface area contributed by atoms with Crippen LogP contribution in [0.15, 0.2) is 128 Å². The summed E-state index contributed by atoms with van der Waals surface area (Å²) in [5, 5.41) is 12.6. The Labute approximate surface area is 251 Å². The van der Waals surface area contributed by atoms with Crippen molar-refractivity contribution in [3.63, 3.8) is 0 Å². The van der Waals surface area contributed by atoms with E-state index in [4.69, 9.17) is 14.2 Å². The van der Waals surface area contributed by atoms with E-state index in [1.165, 1.54) is 6.20 Å². The molecule has 1 N–H and O–H groups in total. The number of hydrogen-bond donors (Lipinski definition) is 1. The molecule has 0 saturated heterocycles. The lowest BCUT2D eigenvalue weighted by Gasteiger charge is -2.31. The average Bonchev–Trinajstić information content (AvgIpc) is 3.06. The van der Waals surface area contributed by atoms with Crippen LogP contribution in [0, 0.1) is 0 Å². The number of nitrogens with zero attached hydrogens (tertiary/aromatic N) is 2. The number of hydrogen-bond acceptors (Lipinski definition) is 7. The SMILES string of the molecule is CN(C)c1ccc(C(O)(OCc2ccccc2)c2ncccc2C(=O)OCc2ccccc2)c(OCc2ccccc2)c1. The van der Waals surface area contributed by atoms with Gasteiger partial charge in [0.25, 0.3) is 0 Å². The summed E-state index contributed by atoms with van der Waals surface area (Å²) in [5.74, 6) is -2.42. The first kappa shape index (κ1) is 29.5. The number of anilines is 1. The van der Waals surface area contributed by atoms with Crippen molar-refractivity contribution in [1.29, 1.82) is 0 Å². The number of ether oxygens (including phenoxy) is 3. The Kier molecular flexibility index (Phi) is 9.46. The molecule has 5 rings (SSSR count). The van der Waals surface area contributed by atoms with Crippen molar-refractivity contribution < 1.29 is 24.1 Å². The summed E-state index contributed by atoms with van der Waals surface area (Å²) in [4.78, 5) is 19.9. The van der Waals surface area contributed by atoms with E-state index in [9.17, 15) is 9.90 Å². The maximum atomic E-state index is 13.5. The molecular weight excluding hydrogens is 540 g/mol. The third-order valence-electron chi connectivity index (χ3n) is 6.94. The van der Waals surface area contributed by atoms with Crippen LogP contribution in [0.2, 0.25) is 0 Å². The minimum Gasteiger partial charge on any atom is -0.488 e. The molecule has 1 aromatic heterocycles. The molecule has 0 aliphatic rings. The fourth-order valence-corrected chi connectivity index (χ4v) is 4.60. The highest BCUT2D eigenvalue weighted by atomic mass is 16.6. The van der Waals surface area contributed by atoms with Crippen molar-refractivity contribution in [2.75, 3.05) is 19.0 Å². The zero-order valence-corrected chi connectivity index (χ0v) is 24.2. The highest BCUT2D eigenvalue weighted by molar-refractivity contribution is 5.91. The second kappa shape index (κ2) is 13.8. The van der Waals surface area contributed by atoms with Crippen LogP contribution in [0.3, 0.4) is 0 Å². The zero-order chi connectivity index (χ0) is 30.1. The minimum absolute atomic E-state index is 0.00570. The standard InChI is InChI=1S/C36H34N2O5/c1-38(2)30-20-21-32(33(23-30)41-24-27-13-6-3-7-14-27)36(40,43-26-29-17-10-5-11-18-29)34-31(19-12-22-37-34)35(39)42-25-28-15-8-4-9-16-28/h3-23,40H,24-26H2,1-2H3. The van der Waals surface area contributed by atoms with Crippen LogP contribution in [0.5, 0.6) is 5.75 Å². The molecule has 0 fully saturated rings. The van der Waals surface area contributed by atoms with Gasteiger partial charge in [-0.2, -0.15) is 0 Å². The summed E-state index contributed by atoms with van der Waals surface area (Å²) in [6, 6.07) is 37.3. The molecule has 0 bridgehead atoms. The Bertz CT molecular complexity index is 1630. The largest absolute Gasteiger partial charge is 0.488 e. The molecule has 4 aromatic carbocycles. The number of aromatic nitrogens is 1. The van der Waals surface area contributed by atoms with Crippen molar-refractivity contribution in [2.24, 2.45) is 0 Å². The Balaban J connectivity index is 1.57. The molecule has 5 aromatic rings. The third-order valence-corrected chi connectivity index (χ3v) is 6.94. The predicted octanol–water partition coefficient (Wildman–Crippen LogP) is 6.49. The van der Waals surface area contributed by atoms with Gasteiger partial charge in [-0.1, -0.05) is 91.0 Å². The molecule has 1 atom stereocenters. The van der Waals surface area contributed by atoms with E-state index < -0.39 is 11.8 Å². The minimum atomic E-state index is -2.17. The molecule has 7 heteroatoms. The van der Waals surface area contributed by atoms with Crippen molar-refractivity contribution in [3.05, 3.63) is 161 Å². The molecule has 1 unspecified atom stereocenters. The van der Waals surface area contributed by atoms with E-state index >= 15 is 0 Å². The van der Waals surface area contributed by atoms with Crippen LogP contribution in [0.4, 0.5) is 5.69 Å². The van der Waals surface area contributed by atoms with Crippen molar-refractivity contribution in [3.8, 4) is 5.75 Å². The number of esters is 1. The number of rotatable bonds is 12. The van der Waals surface area contributed by atoms with E-state index in [1.807, 2.05) is 122 Å². The van der Waals surface area contributed by atoms with Gasteiger partial charge in [0.05, 0.1) is 17.7 Å². The summed E-state index contributed by atoms with van der Waals surface area (Å²) < 4.78 is 18.3. The molecule has 0 aliphatic heterocycles. The van der Waals surface area contributed by atoms with Crippen LogP contribution >= 0.6 is 0 Å². The summed E-state index contributed by atoms with van der Waals surface area (Å²) in [7, 11) is 3.85. The van der Waals surface area contributed by atoms with E-state index in [2.05, 4.69) is 4.98 Å². The number of pyridine rings is 1. The Morgan fingerprint density at radius 1 is 0.744 bits per heavy atom. The second-order valence-corrected chi connectivity index (χ2v) is 10.2. The highest BCUT2D eigenvalue weighted by Crippen LogP contribution is 2.40. The van der Waals surface area contributed by atoms with Crippen LogP contribution in [0.25, 0.3) is 0 Å². The van der Waals surface area contributed by atoms with Crippen molar-refractivity contribution in [1.82, 2.24) is 4.98 Å². The Morgan fingerprint density at radius 2 is 1.33 bits per heavy atom. The van der Waals surface area contributed by atoms with Gasteiger partial charge in [0.2, 0.25) is 5.79 Å². The molecule has 43 heavy (non-hydrogen) atoms. The van der Waals surface area contributed by atoms with Gasteiger partial charge in [-0.25, -0.2) is 4.79 Å². The van der Waals surface area contributed by atoms with E-state index in [0.29, 0.717) is 11.3 Å². The predicted molar refractivity (Wildman–Crippen MR) is 166 cm³/mol.